The zero-order chi connectivity index (χ0) is 36.3. The number of hydrogen-bond donors (Lipinski definition) is 3. The number of nitrogens with zero attached hydrogens (tertiary/aromatic N) is 3. The zero-order valence-corrected chi connectivity index (χ0v) is 30.2. The van der Waals surface area contributed by atoms with Crippen molar-refractivity contribution >= 4 is 12.3 Å². The molecule has 3 N–H and O–H groups in total. The molecule has 2 aliphatic carbocycles. The van der Waals surface area contributed by atoms with E-state index in [0.29, 0.717) is 23.3 Å². The minimum Gasteiger partial charge on any atom is -0.483 e. The van der Waals surface area contributed by atoms with Gasteiger partial charge in [-0.1, -0.05) is 34.1 Å². The summed E-state index contributed by atoms with van der Waals surface area (Å²) < 4.78 is 37.0. The van der Waals surface area contributed by atoms with Crippen molar-refractivity contribution in [3.63, 3.8) is 0 Å². The maximum Gasteiger partial charge on any atom is 0.297 e. The first-order chi connectivity index (χ1) is 23.9. The number of aromatic nitrogens is 4. The highest BCUT2D eigenvalue weighted by atomic mass is 19.3. The maximum absolute atomic E-state index is 12.9. The molecule has 0 amide bonds. The van der Waals surface area contributed by atoms with Crippen LogP contribution in [0, 0.1) is 24.2 Å². The summed E-state index contributed by atoms with van der Waals surface area (Å²) in [6.45, 7) is 14.8. The summed E-state index contributed by atoms with van der Waals surface area (Å²) in [6, 6.07) is 7.45. The topological polar surface area (TPSA) is 133 Å². The predicted molar refractivity (Wildman–Crippen MR) is 191 cm³/mol. The van der Waals surface area contributed by atoms with E-state index < -0.39 is 12.2 Å². The normalized spacial score (nSPS) is 18.9. The van der Waals surface area contributed by atoms with Gasteiger partial charge in [0.25, 0.3) is 18.5 Å². The minimum absolute atomic E-state index is 0.0352. The van der Waals surface area contributed by atoms with Gasteiger partial charge in [0, 0.05) is 43.7 Å². The Morgan fingerprint density at radius 3 is 2.30 bits per heavy atom. The zero-order valence-electron chi connectivity index (χ0n) is 30.2. The van der Waals surface area contributed by atoms with Crippen LogP contribution in [-0.2, 0) is 14.3 Å². The average molecular weight is 700 g/mol. The highest BCUT2D eigenvalue weighted by Gasteiger charge is 2.53. The van der Waals surface area contributed by atoms with Gasteiger partial charge in [0.2, 0.25) is 0 Å². The van der Waals surface area contributed by atoms with E-state index in [1.165, 1.54) is 44.1 Å². The van der Waals surface area contributed by atoms with E-state index in [9.17, 15) is 13.6 Å². The second-order valence-electron chi connectivity index (χ2n) is 14.6. The van der Waals surface area contributed by atoms with Crippen molar-refractivity contribution in [3.05, 3.63) is 64.0 Å². The summed E-state index contributed by atoms with van der Waals surface area (Å²) >= 11 is 0. The van der Waals surface area contributed by atoms with E-state index in [1.807, 2.05) is 30.2 Å². The summed E-state index contributed by atoms with van der Waals surface area (Å²) in [5.74, 6) is 2.24. The third-order valence-corrected chi connectivity index (χ3v) is 10.6. The lowest BCUT2D eigenvalue weighted by atomic mass is 9.69. The van der Waals surface area contributed by atoms with Crippen molar-refractivity contribution in [2.45, 2.75) is 104 Å². The maximum atomic E-state index is 12.9. The molecule has 2 saturated heterocycles. The molecule has 276 valence electrons. The highest BCUT2D eigenvalue weighted by molar-refractivity contribution is 5.59. The fourth-order valence-electron chi connectivity index (χ4n) is 6.50. The largest absolute Gasteiger partial charge is 0.483 e. The lowest BCUT2D eigenvalue weighted by Crippen LogP contribution is -2.56. The molecule has 0 bridgehead atoms. The number of aromatic amines is 2. The summed E-state index contributed by atoms with van der Waals surface area (Å²) in [6.07, 6.45) is 11.1. The fourth-order valence-corrected chi connectivity index (χ4v) is 6.50. The number of rotatable bonds is 10. The number of pyridine rings is 1. The van der Waals surface area contributed by atoms with Crippen LogP contribution in [0.5, 0.6) is 0 Å². The van der Waals surface area contributed by atoms with Crippen molar-refractivity contribution in [2.24, 2.45) is 17.3 Å². The third-order valence-electron chi connectivity index (χ3n) is 10.6. The monoisotopic (exact) mass is 699 g/mol. The van der Waals surface area contributed by atoms with Crippen LogP contribution in [0.4, 0.5) is 14.6 Å². The van der Waals surface area contributed by atoms with Gasteiger partial charge in [-0.3, -0.25) is 9.59 Å². The molecule has 2 saturated carbocycles. The molecule has 7 rings (SSSR count). The second kappa shape index (κ2) is 18.0. The van der Waals surface area contributed by atoms with Gasteiger partial charge in [0.05, 0.1) is 24.6 Å². The molecule has 1 unspecified atom stereocenters. The highest BCUT2D eigenvalue weighted by Crippen LogP contribution is 2.66. The molecular formula is C38H55F2N5O5. The molecule has 4 fully saturated rings. The van der Waals surface area contributed by atoms with E-state index in [0.717, 1.165) is 68.3 Å². The number of ether oxygens (including phenoxy) is 2. The van der Waals surface area contributed by atoms with Crippen LogP contribution in [0.15, 0.2) is 41.5 Å². The molecule has 1 atom stereocenters. The first kappa shape index (κ1) is 39.2. The molecule has 3 aromatic heterocycles. The number of aryl methyl sites for hydroxylation is 1. The number of hydrogen-bond acceptors (Lipinski definition) is 7. The SMILES string of the molecule is CCC(C)CCOC1(C(C)C)COC1.Cc1cc(C2CC3(CC3)C2)c[nH]c1=O.FC(F)c1nc(-c2ccc[nH]2)cc(N2CCCC2)n1.O=CO. The molecule has 0 aromatic carbocycles. The minimum atomic E-state index is -2.66. The van der Waals surface area contributed by atoms with Gasteiger partial charge >= 0.3 is 0 Å². The number of H-pyrrole nitrogens is 2. The van der Waals surface area contributed by atoms with Gasteiger partial charge in [-0.25, -0.2) is 18.7 Å². The van der Waals surface area contributed by atoms with Gasteiger partial charge in [-0.2, -0.15) is 0 Å². The van der Waals surface area contributed by atoms with Gasteiger partial charge in [0.1, 0.15) is 11.4 Å². The molecule has 50 heavy (non-hydrogen) atoms. The molecule has 0 radical (unpaired) electrons. The summed E-state index contributed by atoms with van der Waals surface area (Å²) in [4.78, 5) is 35.3. The van der Waals surface area contributed by atoms with Crippen molar-refractivity contribution in [3.8, 4) is 11.4 Å². The molecule has 2 aliphatic heterocycles. The fraction of sp³-hybridized carbons (Fsp3) is 0.632. The number of carboxylic acid groups (broad SMARTS) is 1. The average Bonchev–Trinajstić information content (AvgIpc) is 3.40. The van der Waals surface area contributed by atoms with Crippen LogP contribution >= 0.6 is 0 Å². The Hall–Kier alpha value is -3.64. The number of nitrogens with one attached hydrogen (secondary N) is 2. The molecule has 10 nitrogen and oxygen atoms in total. The summed E-state index contributed by atoms with van der Waals surface area (Å²) in [7, 11) is 0. The first-order valence-corrected chi connectivity index (χ1v) is 18.0. The van der Waals surface area contributed by atoms with Gasteiger partial charge < -0.3 is 29.4 Å². The van der Waals surface area contributed by atoms with Crippen LogP contribution in [0.25, 0.3) is 11.4 Å². The number of halogens is 2. The Balaban J connectivity index is 0.000000165. The van der Waals surface area contributed by atoms with Crippen molar-refractivity contribution in [1.29, 1.82) is 0 Å². The van der Waals surface area contributed by atoms with Crippen LogP contribution < -0.4 is 10.5 Å². The Morgan fingerprint density at radius 2 is 1.80 bits per heavy atom. The Bertz CT molecular complexity index is 1520. The van der Waals surface area contributed by atoms with E-state index >= 15 is 0 Å². The number of alkyl halides is 2. The number of anilines is 1. The molecule has 12 heteroatoms. The van der Waals surface area contributed by atoms with Crippen LogP contribution in [0.1, 0.15) is 108 Å². The van der Waals surface area contributed by atoms with Crippen molar-refractivity contribution in [1.82, 2.24) is 19.9 Å². The lowest BCUT2D eigenvalue weighted by Gasteiger charge is -2.44. The predicted octanol–water partition coefficient (Wildman–Crippen LogP) is 7.92. The van der Waals surface area contributed by atoms with E-state index in [1.54, 1.807) is 12.3 Å². The van der Waals surface area contributed by atoms with Gasteiger partial charge in [0.15, 0.2) is 5.82 Å². The van der Waals surface area contributed by atoms with Gasteiger partial charge in [-0.15, -0.1) is 0 Å². The standard InChI is InChI=1S/C13H14F2N4.C12H15NO.C12H24O2.CH2O2/c14-12(15)13-17-10(9-4-3-5-16-9)8-11(18-13)19-6-1-2-7-19;1-8-4-9(7-13-11(8)14)10-5-12(6-10)2-3-12;1-5-11(4)6-7-14-12(10(2)3)8-13-9-12;2-1-3/h3-5,8,12,16H,1-2,6-7H2;4,7,10H,2-3,5-6H2,1H3,(H,13,14);10-11H,5-9H2,1-4H3;1H,(H,2,3). The lowest BCUT2D eigenvalue weighted by molar-refractivity contribution is -0.231. The van der Waals surface area contributed by atoms with Crippen LogP contribution in [0.3, 0.4) is 0 Å². The third kappa shape index (κ3) is 10.4. The van der Waals surface area contributed by atoms with E-state index in [4.69, 9.17) is 19.4 Å². The van der Waals surface area contributed by atoms with Crippen molar-refractivity contribution in [2.75, 3.05) is 37.8 Å². The number of carbonyl (C=O) groups is 1. The molecule has 1 spiro atoms. The quantitative estimate of drug-likeness (QED) is 0.182. The van der Waals surface area contributed by atoms with Crippen LogP contribution in [-0.4, -0.2) is 70.0 Å². The second-order valence-corrected chi connectivity index (χ2v) is 14.6. The molecule has 3 aromatic rings. The molecule has 4 aliphatic rings. The Morgan fingerprint density at radius 1 is 1.12 bits per heavy atom. The van der Waals surface area contributed by atoms with E-state index in [2.05, 4.69) is 53.7 Å². The Labute approximate surface area is 294 Å². The summed E-state index contributed by atoms with van der Waals surface area (Å²) in [5, 5.41) is 6.89. The smallest absolute Gasteiger partial charge is 0.297 e. The Kier molecular flexibility index (Phi) is 14.1. The molecule has 5 heterocycles. The van der Waals surface area contributed by atoms with Crippen molar-refractivity contribution < 1.29 is 28.2 Å². The van der Waals surface area contributed by atoms with E-state index in [-0.39, 0.29) is 17.6 Å². The first-order valence-electron chi connectivity index (χ1n) is 18.0. The molecular weight excluding hydrogens is 644 g/mol. The van der Waals surface area contributed by atoms with Gasteiger partial charge in [-0.05, 0) is 98.8 Å². The van der Waals surface area contributed by atoms with Crippen LogP contribution in [0.2, 0.25) is 0 Å². The summed E-state index contributed by atoms with van der Waals surface area (Å²) in [5.41, 5.74) is 4.25.